The Bertz CT molecular complexity index is 1330. The lowest BCUT2D eigenvalue weighted by Gasteiger charge is -2.21. The molecule has 0 radical (unpaired) electrons. The van der Waals surface area contributed by atoms with Crippen LogP contribution in [-0.2, 0) is 14.3 Å². The van der Waals surface area contributed by atoms with Crippen LogP contribution in [0, 0.1) is 5.92 Å². The van der Waals surface area contributed by atoms with Crippen LogP contribution >= 0.6 is 34.8 Å². The zero-order chi connectivity index (χ0) is 26.5. The van der Waals surface area contributed by atoms with Crippen LogP contribution in [0.3, 0.4) is 0 Å². The van der Waals surface area contributed by atoms with Crippen LogP contribution in [0.15, 0.2) is 72.8 Å². The predicted octanol–water partition coefficient (Wildman–Crippen LogP) is 6.00. The average Bonchev–Trinajstić information content (AvgIpc) is 3.30. The molecule has 1 heterocycles. The maximum absolute atomic E-state index is 13.2. The van der Waals surface area contributed by atoms with E-state index in [1.165, 1.54) is 11.0 Å². The highest BCUT2D eigenvalue weighted by Crippen LogP contribution is 2.32. The van der Waals surface area contributed by atoms with Crippen molar-refractivity contribution in [2.24, 2.45) is 5.92 Å². The second kappa shape index (κ2) is 11.9. The molecular formula is C28H22Cl3NO5. The monoisotopic (exact) mass is 557 g/mol. The summed E-state index contributed by atoms with van der Waals surface area (Å²) >= 11 is 17.9. The molecule has 0 N–H and O–H groups in total. The van der Waals surface area contributed by atoms with E-state index in [4.69, 9.17) is 39.5 Å². The number of alkyl halides is 1. The Balaban J connectivity index is 1.53. The molecule has 1 amide bonds. The fraction of sp³-hybridized carbons (Fsp3) is 0.214. The number of anilines is 1. The van der Waals surface area contributed by atoms with Crippen LogP contribution < -0.4 is 4.90 Å². The highest BCUT2D eigenvalue weighted by Gasteiger charge is 2.39. The third kappa shape index (κ3) is 6.21. The maximum Gasteiger partial charge on any atom is 0.312 e. The van der Waals surface area contributed by atoms with Crippen molar-refractivity contribution in [1.29, 1.82) is 0 Å². The lowest BCUT2D eigenvalue weighted by molar-refractivity contribution is -0.151. The molecule has 2 atom stereocenters. The van der Waals surface area contributed by atoms with E-state index in [9.17, 15) is 19.2 Å². The van der Waals surface area contributed by atoms with Crippen molar-refractivity contribution >= 4 is 63.9 Å². The smallest absolute Gasteiger partial charge is 0.312 e. The summed E-state index contributed by atoms with van der Waals surface area (Å²) in [7, 11) is 0. The second-order valence-electron chi connectivity index (χ2n) is 8.54. The van der Waals surface area contributed by atoms with E-state index in [2.05, 4.69) is 0 Å². The maximum atomic E-state index is 13.2. The van der Waals surface area contributed by atoms with Crippen LogP contribution in [0.2, 0.25) is 10.0 Å². The van der Waals surface area contributed by atoms with Crippen molar-refractivity contribution in [3.05, 3.63) is 99.5 Å². The number of amides is 1. The predicted molar refractivity (Wildman–Crippen MR) is 143 cm³/mol. The minimum absolute atomic E-state index is 0.00288. The number of nitrogens with zero attached hydrogens (tertiary/aromatic N) is 1. The third-order valence-corrected chi connectivity index (χ3v) is 6.74. The number of carbonyl (C=O) groups is 4. The molecule has 1 aliphatic rings. The minimum Gasteiger partial charge on any atom is -0.454 e. The molecule has 0 bridgehead atoms. The van der Waals surface area contributed by atoms with Crippen molar-refractivity contribution in [3.8, 4) is 0 Å². The SMILES string of the molecule is O=C(c1ccccc1)c1cc(Cl)ccc1N1C[C@@H](C(=O)O[C@H](CCCl)C(=O)c2ccc(Cl)cc2)CC1=O. The Morgan fingerprint density at radius 2 is 1.59 bits per heavy atom. The summed E-state index contributed by atoms with van der Waals surface area (Å²) in [5.74, 6) is -2.45. The molecule has 0 saturated carbocycles. The van der Waals surface area contributed by atoms with Crippen LogP contribution in [0.25, 0.3) is 0 Å². The second-order valence-corrected chi connectivity index (χ2v) is 9.79. The summed E-state index contributed by atoms with van der Waals surface area (Å²) in [5.41, 5.74) is 1.38. The fourth-order valence-corrected chi connectivity index (χ4v) is 4.64. The van der Waals surface area contributed by atoms with Gasteiger partial charge < -0.3 is 9.64 Å². The molecule has 3 aromatic rings. The van der Waals surface area contributed by atoms with Crippen molar-refractivity contribution < 1.29 is 23.9 Å². The van der Waals surface area contributed by atoms with E-state index in [-0.39, 0.29) is 42.5 Å². The number of ketones is 2. The first-order valence-corrected chi connectivity index (χ1v) is 12.8. The first-order chi connectivity index (χ1) is 17.8. The normalized spacial score (nSPS) is 15.9. The average molecular weight is 559 g/mol. The Kier molecular flexibility index (Phi) is 8.64. The highest BCUT2D eigenvalue weighted by atomic mass is 35.5. The van der Waals surface area contributed by atoms with Gasteiger partial charge in [0.25, 0.3) is 0 Å². The molecule has 4 rings (SSSR count). The van der Waals surface area contributed by atoms with Gasteiger partial charge in [-0.3, -0.25) is 19.2 Å². The minimum atomic E-state index is -1.10. The Hall–Kier alpha value is -3.19. The van der Waals surface area contributed by atoms with Crippen LogP contribution in [0.4, 0.5) is 5.69 Å². The number of hydrogen-bond acceptors (Lipinski definition) is 5. The van der Waals surface area contributed by atoms with Gasteiger partial charge in [0, 0.05) is 52.0 Å². The van der Waals surface area contributed by atoms with Gasteiger partial charge in [-0.1, -0.05) is 53.5 Å². The topological polar surface area (TPSA) is 80.8 Å². The molecule has 9 heteroatoms. The van der Waals surface area contributed by atoms with E-state index < -0.39 is 23.8 Å². The van der Waals surface area contributed by atoms with Crippen LogP contribution in [0.1, 0.15) is 39.1 Å². The molecule has 6 nitrogen and oxygen atoms in total. The number of rotatable bonds is 9. The number of ether oxygens (including phenoxy) is 1. The van der Waals surface area contributed by atoms with Crippen molar-refractivity contribution in [2.75, 3.05) is 17.3 Å². The first kappa shape index (κ1) is 26.9. The standard InChI is InChI=1S/C28H22Cl3NO5/c29-13-12-24(27(35)18-6-8-20(30)9-7-18)37-28(36)19-14-25(33)32(16-19)23-11-10-21(31)15-22(23)26(34)17-4-2-1-3-5-17/h1-11,15,19,24H,12-14,16H2/t19-,24+/m0/s1. The molecule has 1 saturated heterocycles. The molecule has 1 aliphatic heterocycles. The van der Waals surface area contributed by atoms with Crippen molar-refractivity contribution in [3.63, 3.8) is 0 Å². The lowest BCUT2D eigenvalue weighted by Crippen LogP contribution is -2.32. The van der Waals surface area contributed by atoms with E-state index in [1.807, 2.05) is 0 Å². The number of halogens is 3. The van der Waals surface area contributed by atoms with E-state index in [0.717, 1.165) is 0 Å². The number of esters is 1. The zero-order valence-electron chi connectivity index (χ0n) is 19.5. The summed E-state index contributed by atoms with van der Waals surface area (Å²) in [6.45, 7) is -0.00288. The molecule has 37 heavy (non-hydrogen) atoms. The van der Waals surface area contributed by atoms with Crippen molar-refractivity contribution in [2.45, 2.75) is 18.9 Å². The quantitative estimate of drug-likeness (QED) is 0.183. The largest absolute Gasteiger partial charge is 0.454 e. The molecule has 0 aliphatic carbocycles. The van der Waals surface area contributed by atoms with Gasteiger partial charge in [-0.05, 0) is 42.5 Å². The fourth-order valence-electron chi connectivity index (χ4n) is 4.15. The summed E-state index contributed by atoms with van der Waals surface area (Å²) in [6, 6.07) is 19.5. The Morgan fingerprint density at radius 3 is 2.27 bits per heavy atom. The first-order valence-electron chi connectivity index (χ1n) is 11.5. The van der Waals surface area contributed by atoms with Crippen LogP contribution in [-0.4, -0.2) is 42.0 Å². The van der Waals surface area contributed by atoms with Gasteiger partial charge in [-0.2, -0.15) is 0 Å². The van der Waals surface area contributed by atoms with E-state index in [1.54, 1.807) is 66.7 Å². The molecule has 0 spiro atoms. The van der Waals surface area contributed by atoms with E-state index >= 15 is 0 Å². The Labute approximate surface area is 229 Å². The highest BCUT2D eigenvalue weighted by molar-refractivity contribution is 6.31. The van der Waals surface area contributed by atoms with Gasteiger partial charge in [-0.15, -0.1) is 11.6 Å². The molecule has 190 valence electrons. The lowest BCUT2D eigenvalue weighted by atomic mass is 10.0. The van der Waals surface area contributed by atoms with Gasteiger partial charge >= 0.3 is 5.97 Å². The third-order valence-electron chi connectivity index (χ3n) is 6.04. The van der Waals surface area contributed by atoms with Crippen molar-refractivity contribution in [1.82, 2.24) is 0 Å². The van der Waals surface area contributed by atoms with Gasteiger partial charge in [0.15, 0.2) is 11.9 Å². The van der Waals surface area contributed by atoms with Crippen LogP contribution in [0.5, 0.6) is 0 Å². The summed E-state index contributed by atoms with van der Waals surface area (Å²) in [5, 5.41) is 0.814. The molecule has 0 aromatic heterocycles. The molecule has 0 unspecified atom stereocenters. The molecule has 1 fully saturated rings. The number of carbonyl (C=O) groups excluding carboxylic acids is 4. The molecule has 3 aromatic carbocycles. The number of benzene rings is 3. The molecular weight excluding hydrogens is 537 g/mol. The summed E-state index contributed by atoms with van der Waals surface area (Å²) in [4.78, 5) is 53.5. The van der Waals surface area contributed by atoms with Gasteiger partial charge in [-0.25, -0.2) is 0 Å². The van der Waals surface area contributed by atoms with Gasteiger partial charge in [0.2, 0.25) is 11.7 Å². The number of hydrogen-bond donors (Lipinski definition) is 0. The zero-order valence-corrected chi connectivity index (χ0v) is 21.8. The number of Topliss-reactive ketones (excluding diaryl/α,β-unsaturated/α-hetero) is 1. The Morgan fingerprint density at radius 1 is 0.919 bits per heavy atom. The summed E-state index contributed by atoms with van der Waals surface area (Å²) < 4.78 is 5.55. The van der Waals surface area contributed by atoms with E-state index in [0.29, 0.717) is 26.9 Å². The summed E-state index contributed by atoms with van der Waals surface area (Å²) in [6.07, 6.45) is -1.10. The van der Waals surface area contributed by atoms with Gasteiger partial charge in [0.05, 0.1) is 11.6 Å². The van der Waals surface area contributed by atoms with Gasteiger partial charge in [0.1, 0.15) is 0 Å².